The lowest BCUT2D eigenvalue weighted by molar-refractivity contribution is 0.169. The zero-order chi connectivity index (χ0) is 14.8. The molecule has 1 aliphatic heterocycles. The van der Waals surface area contributed by atoms with Crippen molar-refractivity contribution in [2.45, 2.75) is 17.4 Å². The minimum absolute atomic E-state index is 0.000226. The molecule has 0 radical (unpaired) electrons. The third-order valence-corrected chi connectivity index (χ3v) is 6.35. The van der Waals surface area contributed by atoms with Gasteiger partial charge in [-0.25, -0.2) is 8.42 Å². The van der Waals surface area contributed by atoms with Gasteiger partial charge in [0.2, 0.25) is 10.0 Å². The van der Waals surface area contributed by atoms with Gasteiger partial charge in [-0.15, -0.1) is 0 Å². The molecule has 1 atom stereocenters. The Bertz CT molecular complexity index is 552. The molecule has 1 aromatic rings. The van der Waals surface area contributed by atoms with Gasteiger partial charge in [0, 0.05) is 38.7 Å². The smallest absolute Gasteiger partial charge is 0.248 e. The van der Waals surface area contributed by atoms with Gasteiger partial charge in [0.1, 0.15) is 4.90 Å². The molecule has 20 heavy (non-hydrogen) atoms. The highest BCUT2D eigenvalue weighted by Gasteiger charge is 2.35. The molecule has 1 aromatic heterocycles. The number of aryl methyl sites for hydroxylation is 1. The van der Waals surface area contributed by atoms with Crippen molar-refractivity contribution >= 4 is 27.6 Å². The summed E-state index contributed by atoms with van der Waals surface area (Å²) < 4.78 is 33.5. The third-order valence-electron chi connectivity index (χ3n) is 3.24. The summed E-state index contributed by atoms with van der Waals surface area (Å²) in [5.74, 6) is 1.83. The lowest BCUT2D eigenvalue weighted by Crippen LogP contribution is -2.42. The van der Waals surface area contributed by atoms with E-state index >= 15 is 0 Å². The molecule has 0 amide bonds. The maximum Gasteiger partial charge on any atom is 0.248 e. The number of ether oxygens (including phenoxy) is 1. The van der Waals surface area contributed by atoms with Gasteiger partial charge in [-0.2, -0.15) is 21.2 Å². The molecule has 0 aliphatic carbocycles. The largest absolute Gasteiger partial charge is 0.383 e. The number of sulfonamides is 1. The van der Waals surface area contributed by atoms with Crippen LogP contribution in [0.1, 0.15) is 6.42 Å². The zero-order valence-electron chi connectivity index (χ0n) is 11.7. The van der Waals surface area contributed by atoms with E-state index in [1.165, 1.54) is 15.2 Å². The molecule has 1 fully saturated rings. The van der Waals surface area contributed by atoms with Crippen molar-refractivity contribution in [3.8, 4) is 0 Å². The van der Waals surface area contributed by atoms with Crippen molar-refractivity contribution in [1.29, 1.82) is 0 Å². The highest BCUT2D eigenvalue weighted by Crippen LogP contribution is 2.29. The number of nitrogen functional groups attached to an aromatic ring is 1. The molecule has 0 bridgehead atoms. The summed E-state index contributed by atoms with van der Waals surface area (Å²) in [5.41, 5.74) is 5.72. The van der Waals surface area contributed by atoms with E-state index in [-0.39, 0.29) is 16.8 Å². The predicted molar refractivity (Wildman–Crippen MR) is 79.1 cm³/mol. The van der Waals surface area contributed by atoms with Crippen LogP contribution in [-0.4, -0.2) is 60.3 Å². The molecule has 0 aromatic carbocycles. The van der Waals surface area contributed by atoms with E-state index in [4.69, 9.17) is 10.5 Å². The lowest BCUT2D eigenvalue weighted by atomic mass is 10.3. The quantitative estimate of drug-likeness (QED) is 0.802. The van der Waals surface area contributed by atoms with Crippen molar-refractivity contribution in [3.05, 3.63) is 6.20 Å². The first-order chi connectivity index (χ1) is 9.46. The Kier molecular flexibility index (Phi) is 4.95. The highest BCUT2D eigenvalue weighted by atomic mass is 32.2. The Labute approximate surface area is 123 Å². The van der Waals surface area contributed by atoms with Crippen LogP contribution in [0.2, 0.25) is 0 Å². The fourth-order valence-corrected chi connectivity index (χ4v) is 5.29. The molecular weight excluding hydrogens is 300 g/mol. The molecular formula is C11H20N4O3S2. The minimum atomic E-state index is -3.63. The van der Waals surface area contributed by atoms with E-state index in [0.717, 1.165) is 17.9 Å². The second kappa shape index (κ2) is 6.33. The van der Waals surface area contributed by atoms with Crippen LogP contribution in [-0.2, 0) is 21.8 Å². The summed E-state index contributed by atoms with van der Waals surface area (Å²) >= 11 is 1.77. The average Bonchev–Trinajstić information content (AvgIpc) is 2.99. The fraction of sp³-hybridized carbons (Fsp3) is 0.727. The van der Waals surface area contributed by atoms with Crippen LogP contribution < -0.4 is 5.73 Å². The van der Waals surface area contributed by atoms with Crippen LogP contribution in [0.25, 0.3) is 0 Å². The molecule has 0 saturated carbocycles. The Morgan fingerprint density at radius 3 is 2.90 bits per heavy atom. The van der Waals surface area contributed by atoms with Crippen molar-refractivity contribution in [3.63, 3.8) is 0 Å². The third kappa shape index (κ3) is 3.11. The van der Waals surface area contributed by atoms with Gasteiger partial charge >= 0.3 is 0 Å². The number of nitrogens with zero attached hydrogens (tertiary/aromatic N) is 3. The number of hydrogen-bond donors (Lipinski definition) is 1. The number of nitrogens with two attached hydrogens (primary N) is 1. The van der Waals surface area contributed by atoms with Crippen LogP contribution >= 0.6 is 11.8 Å². The van der Waals surface area contributed by atoms with Crippen LogP contribution in [0.3, 0.4) is 0 Å². The molecule has 1 unspecified atom stereocenters. The Morgan fingerprint density at radius 1 is 1.65 bits per heavy atom. The second-order valence-corrected chi connectivity index (χ2v) is 7.69. The molecule has 2 N–H and O–H groups in total. The van der Waals surface area contributed by atoms with Crippen molar-refractivity contribution < 1.29 is 13.2 Å². The van der Waals surface area contributed by atoms with E-state index in [1.54, 1.807) is 25.9 Å². The van der Waals surface area contributed by atoms with Crippen molar-refractivity contribution in [2.75, 3.05) is 37.5 Å². The van der Waals surface area contributed by atoms with Gasteiger partial charge in [0.25, 0.3) is 0 Å². The molecule has 114 valence electrons. The number of aromatic nitrogens is 2. The molecule has 2 rings (SSSR count). The molecule has 2 heterocycles. The van der Waals surface area contributed by atoms with Crippen LogP contribution in [0.15, 0.2) is 11.1 Å². The first-order valence-corrected chi connectivity index (χ1v) is 8.94. The number of hydrogen-bond acceptors (Lipinski definition) is 6. The maximum absolute atomic E-state index is 12.8. The van der Waals surface area contributed by atoms with Crippen LogP contribution in [0.5, 0.6) is 0 Å². The zero-order valence-corrected chi connectivity index (χ0v) is 13.3. The Morgan fingerprint density at radius 2 is 2.40 bits per heavy atom. The molecule has 9 heteroatoms. The van der Waals surface area contributed by atoms with Crippen LogP contribution in [0, 0.1) is 0 Å². The fourth-order valence-electron chi connectivity index (χ4n) is 2.24. The van der Waals surface area contributed by atoms with E-state index < -0.39 is 10.0 Å². The average molecular weight is 320 g/mol. The highest BCUT2D eigenvalue weighted by molar-refractivity contribution is 7.99. The number of thioether (sulfide) groups is 1. The topological polar surface area (TPSA) is 90.5 Å². The summed E-state index contributed by atoms with van der Waals surface area (Å²) in [4.78, 5) is 0.0769. The van der Waals surface area contributed by atoms with Crippen LogP contribution in [0.4, 0.5) is 5.82 Å². The molecule has 1 aliphatic rings. The minimum Gasteiger partial charge on any atom is -0.383 e. The van der Waals surface area contributed by atoms with Gasteiger partial charge in [-0.05, 0) is 12.2 Å². The monoisotopic (exact) mass is 320 g/mol. The van der Waals surface area contributed by atoms with Gasteiger partial charge in [-0.1, -0.05) is 0 Å². The van der Waals surface area contributed by atoms with E-state index in [2.05, 4.69) is 5.10 Å². The van der Waals surface area contributed by atoms with Crippen molar-refractivity contribution in [1.82, 2.24) is 14.1 Å². The summed E-state index contributed by atoms with van der Waals surface area (Å²) in [6, 6.07) is -0.000226. The van der Waals surface area contributed by atoms with E-state index in [0.29, 0.717) is 13.2 Å². The summed E-state index contributed by atoms with van der Waals surface area (Å²) in [6.07, 6.45) is 2.31. The van der Waals surface area contributed by atoms with Gasteiger partial charge < -0.3 is 10.5 Å². The number of methoxy groups -OCH3 is 1. The Balaban J connectivity index is 2.32. The Hall–Kier alpha value is -0.770. The number of rotatable bonds is 6. The first-order valence-electron chi connectivity index (χ1n) is 6.34. The van der Waals surface area contributed by atoms with E-state index in [9.17, 15) is 8.42 Å². The number of anilines is 1. The lowest BCUT2D eigenvalue weighted by Gasteiger charge is -2.26. The summed E-state index contributed by atoms with van der Waals surface area (Å²) in [5, 5.41) is 3.92. The summed E-state index contributed by atoms with van der Waals surface area (Å²) in [7, 11) is -0.420. The van der Waals surface area contributed by atoms with Gasteiger partial charge in [0.05, 0.1) is 6.61 Å². The molecule has 7 nitrogen and oxygen atoms in total. The predicted octanol–water partition coefficient (Wildman–Crippen LogP) is 0.145. The van der Waals surface area contributed by atoms with E-state index in [1.807, 2.05) is 0 Å². The first kappa shape index (κ1) is 15.6. The second-order valence-electron chi connectivity index (χ2n) is 4.68. The SMILES string of the molecule is COCCN(C1CCSC1)S(=O)(=O)c1cn(C)nc1N. The normalized spacial score (nSPS) is 19.9. The molecule has 1 saturated heterocycles. The molecule has 0 spiro atoms. The van der Waals surface area contributed by atoms with Gasteiger partial charge in [-0.3, -0.25) is 4.68 Å². The maximum atomic E-state index is 12.8. The van der Waals surface area contributed by atoms with Crippen molar-refractivity contribution in [2.24, 2.45) is 7.05 Å². The van der Waals surface area contributed by atoms with Gasteiger partial charge in [0.15, 0.2) is 5.82 Å². The standard InChI is InChI=1S/C11H20N4O3S2/c1-14-7-10(11(12)13-14)20(16,17)15(4-5-18-2)9-3-6-19-8-9/h7,9H,3-6,8H2,1-2H3,(H2,12,13). The summed E-state index contributed by atoms with van der Waals surface area (Å²) in [6.45, 7) is 0.693.